The van der Waals surface area contributed by atoms with Crippen LogP contribution in [0.4, 0.5) is 0 Å². The Kier molecular flexibility index (Phi) is 2.72. The maximum absolute atomic E-state index is 5.05. The summed E-state index contributed by atoms with van der Waals surface area (Å²) in [5.74, 6) is 1.43. The normalized spacial score (nSPS) is 18.8. The summed E-state index contributed by atoms with van der Waals surface area (Å²) in [7, 11) is 0. The Hall–Kier alpha value is -0.850. The molecule has 1 heteroatoms. The van der Waals surface area contributed by atoms with E-state index in [9.17, 15) is 0 Å². The Labute approximate surface area is 105 Å². The van der Waals surface area contributed by atoms with Gasteiger partial charge in [0.05, 0.1) is 0 Å². The molecule has 0 bridgehead atoms. The summed E-state index contributed by atoms with van der Waals surface area (Å²) in [6, 6.07) is 0. The minimum Gasteiger partial charge on any atom is -0.257 e. The zero-order chi connectivity index (χ0) is 12.0. The van der Waals surface area contributed by atoms with Crippen LogP contribution in [0.3, 0.4) is 0 Å². The van der Waals surface area contributed by atoms with Crippen LogP contribution in [-0.2, 0) is 19.3 Å². The molecule has 2 aliphatic rings. The van der Waals surface area contributed by atoms with E-state index in [0.717, 1.165) is 5.92 Å². The highest BCUT2D eigenvalue weighted by Crippen LogP contribution is 2.45. The van der Waals surface area contributed by atoms with Gasteiger partial charge in [0.1, 0.15) is 0 Å². The molecule has 1 fully saturated rings. The third-order valence-electron chi connectivity index (χ3n) is 4.30. The highest BCUT2D eigenvalue weighted by molar-refractivity contribution is 5.46. The van der Waals surface area contributed by atoms with Gasteiger partial charge < -0.3 is 0 Å². The topological polar surface area (TPSA) is 12.9 Å². The molecule has 0 unspecified atom stereocenters. The molecule has 0 aliphatic heterocycles. The number of aryl methyl sites for hydroxylation is 1. The number of pyridine rings is 1. The Morgan fingerprint density at radius 2 is 2.00 bits per heavy atom. The van der Waals surface area contributed by atoms with Gasteiger partial charge in [0, 0.05) is 17.3 Å². The van der Waals surface area contributed by atoms with E-state index in [1.54, 1.807) is 16.7 Å². The second-order valence-electron chi connectivity index (χ2n) is 5.95. The van der Waals surface area contributed by atoms with Gasteiger partial charge in [-0.2, -0.15) is 0 Å². The number of aromatic nitrogens is 1. The van der Waals surface area contributed by atoms with Crippen LogP contribution in [0, 0.1) is 0 Å². The summed E-state index contributed by atoms with van der Waals surface area (Å²) >= 11 is 0. The largest absolute Gasteiger partial charge is 0.257 e. The lowest BCUT2D eigenvalue weighted by Gasteiger charge is -2.20. The van der Waals surface area contributed by atoms with Gasteiger partial charge in [0.15, 0.2) is 0 Å². The molecule has 0 amide bonds. The molecule has 1 saturated carbocycles. The zero-order valence-electron chi connectivity index (χ0n) is 11.3. The first-order chi connectivity index (χ1) is 8.22. The molecule has 3 rings (SSSR count). The molecule has 92 valence electrons. The quantitative estimate of drug-likeness (QED) is 0.759. The second-order valence-corrected chi connectivity index (χ2v) is 5.95. The van der Waals surface area contributed by atoms with Crippen molar-refractivity contribution in [3.63, 3.8) is 0 Å². The van der Waals surface area contributed by atoms with E-state index in [0.29, 0.717) is 5.92 Å². The van der Waals surface area contributed by atoms with Crippen molar-refractivity contribution in [2.75, 3.05) is 0 Å². The SMILES string of the molecule is CCc1c2c(nc(C3CC3)c1C(C)C)CCC2. The summed E-state index contributed by atoms with van der Waals surface area (Å²) in [5.41, 5.74) is 7.78. The third-order valence-corrected chi connectivity index (χ3v) is 4.30. The van der Waals surface area contributed by atoms with Crippen molar-refractivity contribution < 1.29 is 0 Å². The van der Waals surface area contributed by atoms with Crippen molar-refractivity contribution in [2.45, 2.75) is 71.1 Å². The fourth-order valence-electron chi connectivity index (χ4n) is 3.42. The van der Waals surface area contributed by atoms with Crippen LogP contribution in [0.25, 0.3) is 0 Å². The summed E-state index contributed by atoms with van der Waals surface area (Å²) in [5, 5.41) is 0. The number of hydrogen-bond acceptors (Lipinski definition) is 1. The molecule has 0 atom stereocenters. The molecule has 2 aliphatic carbocycles. The average Bonchev–Trinajstić information content (AvgIpc) is 3.05. The van der Waals surface area contributed by atoms with E-state index in [1.165, 1.54) is 49.9 Å². The van der Waals surface area contributed by atoms with Gasteiger partial charge in [-0.05, 0) is 61.1 Å². The predicted octanol–water partition coefficient (Wildman–Crippen LogP) is 4.13. The summed E-state index contributed by atoms with van der Waals surface area (Å²) in [4.78, 5) is 5.05. The third kappa shape index (κ3) is 1.80. The van der Waals surface area contributed by atoms with Crippen LogP contribution >= 0.6 is 0 Å². The van der Waals surface area contributed by atoms with Crippen LogP contribution in [-0.4, -0.2) is 4.98 Å². The van der Waals surface area contributed by atoms with Crippen molar-refractivity contribution in [1.29, 1.82) is 0 Å². The Morgan fingerprint density at radius 1 is 1.24 bits per heavy atom. The molecule has 1 aromatic rings. The highest BCUT2D eigenvalue weighted by atomic mass is 14.8. The maximum Gasteiger partial charge on any atom is 0.0475 e. The molecule has 17 heavy (non-hydrogen) atoms. The van der Waals surface area contributed by atoms with Crippen LogP contribution < -0.4 is 0 Å². The first kappa shape index (κ1) is 11.3. The smallest absolute Gasteiger partial charge is 0.0475 e. The van der Waals surface area contributed by atoms with Crippen molar-refractivity contribution in [2.24, 2.45) is 0 Å². The van der Waals surface area contributed by atoms with Gasteiger partial charge in [-0.25, -0.2) is 0 Å². The number of rotatable bonds is 3. The van der Waals surface area contributed by atoms with Crippen LogP contribution in [0.2, 0.25) is 0 Å². The van der Waals surface area contributed by atoms with E-state index in [1.807, 2.05) is 0 Å². The predicted molar refractivity (Wildman–Crippen MR) is 71.7 cm³/mol. The zero-order valence-corrected chi connectivity index (χ0v) is 11.3. The molecule has 0 saturated heterocycles. The minimum absolute atomic E-state index is 0.638. The number of nitrogens with zero attached hydrogens (tertiary/aromatic N) is 1. The molecule has 0 N–H and O–H groups in total. The fraction of sp³-hybridized carbons (Fsp3) is 0.688. The van der Waals surface area contributed by atoms with Gasteiger partial charge in [0.25, 0.3) is 0 Å². The number of fused-ring (bicyclic) bond motifs is 1. The van der Waals surface area contributed by atoms with Crippen LogP contribution in [0.5, 0.6) is 0 Å². The van der Waals surface area contributed by atoms with E-state index in [2.05, 4.69) is 20.8 Å². The lowest BCUT2D eigenvalue weighted by atomic mass is 9.88. The fourth-order valence-corrected chi connectivity index (χ4v) is 3.42. The lowest BCUT2D eigenvalue weighted by molar-refractivity contribution is 0.787. The second kappa shape index (κ2) is 4.12. The van der Waals surface area contributed by atoms with E-state index < -0.39 is 0 Å². The Balaban J connectivity index is 2.21. The van der Waals surface area contributed by atoms with Gasteiger partial charge >= 0.3 is 0 Å². The summed E-state index contributed by atoms with van der Waals surface area (Å²) < 4.78 is 0. The van der Waals surface area contributed by atoms with Crippen molar-refractivity contribution in [3.05, 3.63) is 28.1 Å². The first-order valence-corrected chi connectivity index (χ1v) is 7.26. The summed E-state index contributed by atoms with van der Waals surface area (Å²) in [6.07, 6.45) is 7.75. The van der Waals surface area contributed by atoms with Crippen molar-refractivity contribution in [3.8, 4) is 0 Å². The van der Waals surface area contributed by atoms with E-state index >= 15 is 0 Å². The molecular formula is C16H23N. The molecule has 0 radical (unpaired) electrons. The highest BCUT2D eigenvalue weighted by Gasteiger charge is 2.32. The Bertz CT molecular complexity index is 441. The van der Waals surface area contributed by atoms with Gasteiger partial charge in [-0.3, -0.25) is 4.98 Å². The average molecular weight is 229 g/mol. The van der Waals surface area contributed by atoms with Gasteiger partial charge in [-0.1, -0.05) is 20.8 Å². The van der Waals surface area contributed by atoms with E-state index in [4.69, 9.17) is 4.98 Å². The lowest BCUT2D eigenvalue weighted by Crippen LogP contribution is -2.09. The molecule has 1 aromatic heterocycles. The molecule has 1 nitrogen and oxygen atoms in total. The first-order valence-electron chi connectivity index (χ1n) is 7.26. The minimum atomic E-state index is 0.638. The maximum atomic E-state index is 5.05. The molecule has 0 spiro atoms. The monoisotopic (exact) mass is 229 g/mol. The standard InChI is InChI=1S/C16H23N/c1-4-12-13-6-5-7-14(13)17-16(11-8-9-11)15(12)10(2)3/h10-11H,4-9H2,1-3H3. The van der Waals surface area contributed by atoms with Gasteiger partial charge in [-0.15, -0.1) is 0 Å². The van der Waals surface area contributed by atoms with Crippen LogP contribution in [0.1, 0.15) is 79.9 Å². The van der Waals surface area contributed by atoms with Gasteiger partial charge in [0.2, 0.25) is 0 Å². The van der Waals surface area contributed by atoms with Crippen LogP contribution in [0.15, 0.2) is 0 Å². The molecular weight excluding hydrogens is 206 g/mol. The van der Waals surface area contributed by atoms with E-state index in [-0.39, 0.29) is 0 Å². The molecule has 1 heterocycles. The van der Waals surface area contributed by atoms with Crippen molar-refractivity contribution in [1.82, 2.24) is 4.98 Å². The van der Waals surface area contributed by atoms with Crippen molar-refractivity contribution >= 4 is 0 Å². The summed E-state index contributed by atoms with van der Waals surface area (Å²) in [6.45, 7) is 6.99. The number of hydrogen-bond donors (Lipinski definition) is 0. The Morgan fingerprint density at radius 3 is 2.59 bits per heavy atom. The molecule has 0 aromatic carbocycles.